The maximum atomic E-state index is 2.56. The minimum Gasteiger partial charge on any atom is -0.0773 e. The Morgan fingerprint density at radius 1 is 1.12 bits per heavy atom. The molecule has 0 aliphatic heterocycles. The van der Waals surface area contributed by atoms with E-state index in [0.717, 1.165) is 11.8 Å². The van der Waals surface area contributed by atoms with Crippen LogP contribution in [0.25, 0.3) is 0 Å². The Bertz CT molecular complexity index is 251. The van der Waals surface area contributed by atoms with Crippen molar-refractivity contribution < 1.29 is 0 Å². The molecule has 0 aromatic rings. The Morgan fingerprint density at radius 2 is 1.88 bits per heavy atom. The monoisotopic (exact) mass is 218 g/mol. The third-order valence-electron chi connectivity index (χ3n) is 4.16. The molecule has 0 N–H and O–H groups in total. The summed E-state index contributed by atoms with van der Waals surface area (Å²) in [7, 11) is 0. The highest BCUT2D eigenvalue weighted by molar-refractivity contribution is 5.31. The molecule has 16 heavy (non-hydrogen) atoms. The molecule has 2 aliphatic rings. The zero-order valence-electron chi connectivity index (χ0n) is 10.8. The molecule has 2 rings (SSSR count). The molecular weight excluding hydrogens is 192 g/mol. The quantitative estimate of drug-likeness (QED) is 0.565. The van der Waals surface area contributed by atoms with Crippen molar-refractivity contribution in [1.82, 2.24) is 0 Å². The van der Waals surface area contributed by atoms with E-state index in [-0.39, 0.29) is 0 Å². The van der Waals surface area contributed by atoms with Gasteiger partial charge in [-0.05, 0) is 36.7 Å². The lowest BCUT2D eigenvalue weighted by atomic mass is 9.91. The van der Waals surface area contributed by atoms with Crippen LogP contribution in [0.4, 0.5) is 0 Å². The van der Waals surface area contributed by atoms with Crippen molar-refractivity contribution in [2.75, 3.05) is 0 Å². The van der Waals surface area contributed by atoms with Gasteiger partial charge in [0.2, 0.25) is 0 Å². The van der Waals surface area contributed by atoms with Crippen LogP contribution in [-0.4, -0.2) is 0 Å². The molecule has 1 fully saturated rings. The third kappa shape index (κ3) is 3.23. The van der Waals surface area contributed by atoms with Gasteiger partial charge in [0, 0.05) is 0 Å². The van der Waals surface area contributed by atoms with Crippen LogP contribution in [-0.2, 0) is 0 Å². The fourth-order valence-electron chi connectivity index (χ4n) is 3.10. The van der Waals surface area contributed by atoms with Crippen LogP contribution >= 0.6 is 0 Å². The molecule has 1 unspecified atom stereocenters. The molecular formula is C16H26. The zero-order chi connectivity index (χ0) is 11.2. The highest BCUT2D eigenvalue weighted by atomic mass is 14.2. The predicted octanol–water partition coefficient (Wildman–Crippen LogP) is 5.26. The molecule has 1 saturated carbocycles. The summed E-state index contributed by atoms with van der Waals surface area (Å²) in [6, 6.07) is 0. The standard InChI is InChI=1S/C16H26/c1-2-3-8-14-11-12-16(13-14)15-9-6-4-5-7-10-15/h11-15H,2-10H2,1H3. The van der Waals surface area contributed by atoms with Crippen LogP contribution in [0.2, 0.25) is 0 Å². The van der Waals surface area contributed by atoms with E-state index in [9.17, 15) is 0 Å². The van der Waals surface area contributed by atoms with Gasteiger partial charge in [0.25, 0.3) is 0 Å². The van der Waals surface area contributed by atoms with E-state index >= 15 is 0 Å². The van der Waals surface area contributed by atoms with Gasteiger partial charge in [-0.2, -0.15) is 0 Å². The molecule has 0 aromatic carbocycles. The predicted molar refractivity (Wildman–Crippen MR) is 71.4 cm³/mol. The average molecular weight is 218 g/mol. The van der Waals surface area contributed by atoms with Gasteiger partial charge in [0.15, 0.2) is 0 Å². The van der Waals surface area contributed by atoms with E-state index in [0.29, 0.717) is 0 Å². The van der Waals surface area contributed by atoms with Crippen LogP contribution in [0.15, 0.2) is 23.8 Å². The Balaban J connectivity index is 1.87. The summed E-state index contributed by atoms with van der Waals surface area (Å²) in [5.41, 5.74) is 1.67. The van der Waals surface area contributed by atoms with Crippen LogP contribution in [0.1, 0.15) is 64.7 Å². The highest BCUT2D eigenvalue weighted by Gasteiger charge is 2.18. The van der Waals surface area contributed by atoms with Crippen molar-refractivity contribution in [2.24, 2.45) is 11.8 Å². The van der Waals surface area contributed by atoms with Gasteiger partial charge < -0.3 is 0 Å². The van der Waals surface area contributed by atoms with Crippen LogP contribution in [0, 0.1) is 11.8 Å². The summed E-state index contributed by atoms with van der Waals surface area (Å²) in [6.07, 6.45) is 20.2. The highest BCUT2D eigenvalue weighted by Crippen LogP contribution is 2.33. The molecule has 0 spiro atoms. The number of unbranched alkanes of at least 4 members (excludes halogenated alkanes) is 1. The van der Waals surface area contributed by atoms with Gasteiger partial charge in [0.05, 0.1) is 0 Å². The average Bonchev–Trinajstić information content (AvgIpc) is 2.60. The van der Waals surface area contributed by atoms with Gasteiger partial charge in [-0.3, -0.25) is 0 Å². The molecule has 2 aliphatic carbocycles. The second kappa shape index (κ2) is 6.27. The topological polar surface area (TPSA) is 0 Å². The smallest absolute Gasteiger partial charge is 0.00444 e. The van der Waals surface area contributed by atoms with Crippen LogP contribution < -0.4 is 0 Å². The fourth-order valence-corrected chi connectivity index (χ4v) is 3.10. The first-order valence-corrected chi connectivity index (χ1v) is 7.30. The van der Waals surface area contributed by atoms with Crippen LogP contribution in [0.3, 0.4) is 0 Å². The van der Waals surface area contributed by atoms with E-state index < -0.39 is 0 Å². The van der Waals surface area contributed by atoms with E-state index in [2.05, 4.69) is 25.2 Å². The van der Waals surface area contributed by atoms with E-state index in [1.165, 1.54) is 57.8 Å². The summed E-state index contributed by atoms with van der Waals surface area (Å²) < 4.78 is 0. The van der Waals surface area contributed by atoms with Gasteiger partial charge >= 0.3 is 0 Å². The van der Waals surface area contributed by atoms with Crippen molar-refractivity contribution >= 4 is 0 Å². The Labute approximate surface area is 101 Å². The van der Waals surface area contributed by atoms with Crippen molar-refractivity contribution in [3.05, 3.63) is 23.8 Å². The largest absolute Gasteiger partial charge is 0.0773 e. The minimum atomic E-state index is 0.762. The lowest BCUT2D eigenvalue weighted by molar-refractivity contribution is 0.537. The first kappa shape index (κ1) is 12.0. The normalized spacial score (nSPS) is 26.8. The third-order valence-corrected chi connectivity index (χ3v) is 4.16. The molecule has 0 radical (unpaired) electrons. The summed E-state index contributed by atoms with van der Waals surface area (Å²) in [5, 5.41) is 0. The van der Waals surface area contributed by atoms with Crippen molar-refractivity contribution in [3.63, 3.8) is 0 Å². The molecule has 0 saturated heterocycles. The molecule has 0 bridgehead atoms. The maximum absolute atomic E-state index is 2.56. The van der Waals surface area contributed by atoms with Crippen molar-refractivity contribution in [2.45, 2.75) is 64.7 Å². The number of hydrogen-bond donors (Lipinski definition) is 0. The van der Waals surface area contributed by atoms with Crippen LogP contribution in [0.5, 0.6) is 0 Å². The first-order valence-electron chi connectivity index (χ1n) is 7.30. The van der Waals surface area contributed by atoms with Crippen molar-refractivity contribution in [3.8, 4) is 0 Å². The molecule has 1 atom stereocenters. The van der Waals surface area contributed by atoms with Gasteiger partial charge in [-0.25, -0.2) is 0 Å². The molecule has 0 heteroatoms. The Hall–Kier alpha value is -0.520. The number of allylic oxidation sites excluding steroid dienone is 4. The van der Waals surface area contributed by atoms with Gasteiger partial charge in [-0.1, -0.05) is 63.7 Å². The summed E-state index contributed by atoms with van der Waals surface area (Å²) in [4.78, 5) is 0. The first-order chi connectivity index (χ1) is 7.90. The van der Waals surface area contributed by atoms with Gasteiger partial charge in [-0.15, -0.1) is 0 Å². The lowest BCUT2D eigenvalue weighted by Gasteiger charge is -2.14. The summed E-state index contributed by atoms with van der Waals surface area (Å²) in [5.74, 6) is 1.66. The second-order valence-corrected chi connectivity index (χ2v) is 5.52. The maximum Gasteiger partial charge on any atom is -0.00444 e. The molecule has 90 valence electrons. The Kier molecular flexibility index (Phi) is 4.69. The Morgan fingerprint density at radius 3 is 2.56 bits per heavy atom. The zero-order valence-corrected chi connectivity index (χ0v) is 10.8. The second-order valence-electron chi connectivity index (χ2n) is 5.52. The molecule has 0 amide bonds. The summed E-state index contributed by atoms with van der Waals surface area (Å²) >= 11 is 0. The van der Waals surface area contributed by atoms with E-state index in [4.69, 9.17) is 0 Å². The molecule has 0 nitrogen and oxygen atoms in total. The lowest BCUT2D eigenvalue weighted by Crippen LogP contribution is -2.00. The fraction of sp³-hybridized carbons (Fsp3) is 0.750. The minimum absolute atomic E-state index is 0.762. The molecule has 0 heterocycles. The van der Waals surface area contributed by atoms with Gasteiger partial charge in [0.1, 0.15) is 0 Å². The SMILES string of the molecule is CCCCC1C=CC(C2CCCCCC2)=C1. The number of hydrogen-bond acceptors (Lipinski definition) is 0. The number of rotatable bonds is 4. The van der Waals surface area contributed by atoms with E-state index in [1.54, 1.807) is 5.57 Å². The summed E-state index contributed by atoms with van der Waals surface area (Å²) in [6.45, 7) is 2.29. The van der Waals surface area contributed by atoms with E-state index in [1.807, 2.05) is 0 Å². The van der Waals surface area contributed by atoms with Crippen molar-refractivity contribution in [1.29, 1.82) is 0 Å². The molecule has 0 aromatic heterocycles.